The third-order valence-electron chi connectivity index (χ3n) is 3.98. The van der Waals surface area contributed by atoms with Gasteiger partial charge in [-0.3, -0.25) is 9.59 Å². The highest BCUT2D eigenvalue weighted by atomic mass is 16.4. The topological polar surface area (TPSA) is 86.7 Å². The quantitative estimate of drug-likeness (QED) is 0.851. The number of benzene rings is 1. The molecule has 1 fully saturated rings. The van der Waals surface area contributed by atoms with Crippen molar-refractivity contribution in [1.29, 1.82) is 0 Å². The number of rotatable bonds is 5. The second-order valence-corrected chi connectivity index (χ2v) is 5.32. The minimum Gasteiger partial charge on any atom is -0.478 e. The van der Waals surface area contributed by atoms with Gasteiger partial charge in [0.25, 0.3) is 0 Å². The Morgan fingerprint density at radius 1 is 1.32 bits per heavy atom. The fraction of sp³-hybridized carbons (Fsp3) is 0.438. The van der Waals surface area contributed by atoms with Crippen molar-refractivity contribution in [1.82, 2.24) is 10.2 Å². The zero-order valence-corrected chi connectivity index (χ0v) is 12.5. The maximum Gasteiger partial charge on any atom is 0.335 e. The summed E-state index contributed by atoms with van der Waals surface area (Å²) in [5.41, 5.74) is 0.860. The van der Waals surface area contributed by atoms with Gasteiger partial charge in [-0.1, -0.05) is 18.2 Å². The van der Waals surface area contributed by atoms with Gasteiger partial charge in [-0.25, -0.2) is 4.79 Å². The Hall–Kier alpha value is -2.37. The van der Waals surface area contributed by atoms with Crippen LogP contribution >= 0.6 is 0 Å². The molecule has 1 heterocycles. The lowest BCUT2D eigenvalue weighted by Gasteiger charge is -2.23. The van der Waals surface area contributed by atoms with Crippen molar-refractivity contribution in [2.45, 2.75) is 31.7 Å². The fourth-order valence-corrected chi connectivity index (χ4v) is 2.84. The first-order chi connectivity index (χ1) is 10.5. The number of carbonyl (C=O) groups excluding carboxylic acids is 2. The minimum absolute atomic E-state index is 0.105. The molecule has 0 spiro atoms. The van der Waals surface area contributed by atoms with Gasteiger partial charge < -0.3 is 15.3 Å². The van der Waals surface area contributed by atoms with Gasteiger partial charge in [0.15, 0.2) is 0 Å². The van der Waals surface area contributed by atoms with Crippen molar-refractivity contribution in [2.75, 3.05) is 13.6 Å². The number of carboxylic acid groups (broad SMARTS) is 1. The predicted octanol–water partition coefficient (Wildman–Crippen LogP) is 1.05. The predicted molar refractivity (Wildman–Crippen MR) is 80.5 cm³/mol. The van der Waals surface area contributed by atoms with E-state index in [0.29, 0.717) is 24.9 Å². The molecular weight excluding hydrogens is 284 g/mol. The van der Waals surface area contributed by atoms with E-state index in [-0.39, 0.29) is 23.8 Å². The molecular formula is C16H20N2O4. The van der Waals surface area contributed by atoms with Gasteiger partial charge in [0.05, 0.1) is 5.56 Å². The average molecular weight is 304 g/mol. The SMILES string of the molecule is CNC(=O)C1CCCN1C(=O)CCc1ccccc1C(=O)O. The van der Waals surface area contributed by atoms with Gasteiger partial charge in [0.2, 0.25) is 11.8 Å². The van der Waals surface area contributed by atoms with Crippen LogP contribution in [0.3, 0.4) is 0 Å². The molecule has 0 radical (unpaired) electrons. The second-order valence-electron chi connectivity index (χ2n) is 5.32. The number of likely N-dealkylation sites (tertiary alicyclic amines) is 1. The Balaban J connectivity index is 2.01. The van der Waals surface area contributed by atoms with Crippen molar-refractivity contribution in [3.05, 3.63) is 35.4 Å². The first-order valence-corrected chi connectivity index (χ1v) is 7.37. The van der Waals surface area contributed by atoms with Crippen LogP contribution in [-0.2, 0) is 16.0 Å². The number of hydrogen-bond donors (Lipinski definition) is 2. The second kappa shape index (κ2) is 7.06. The van der Waals surface area contributed by atoms with Gasteiger partial charge in [-0.2, -0.15) is 0 Å². The van der Waals surface area contributed by atoms with Gasteiger partial charge in [0.1, 0.15) is 6.04 Å². The van der Waals surface area contributed by atoms with Crippen molar-refractivity contribution < 1.29 is 19.5 Å². The van der Waals surface area contributed by atoms with E-state index in [1.165, 1.54) is 6.07 Å². The van der Waals surface area contributed by atoms with Crippen LogP contribution in [-0.4, -0.2) is 47.4 Å². The lowest BCUT2D eigenvalue weighted by Crippen LogP contribution is -2.45. The number of carboxylic acids is 1. The van der Waals surface area contributed by atoms with Crippen LogP contribution in [0.2, 0.25) is 0 Å². The molecule has 0 aromatic heterocycles. The molecule has 0 aliphatic carbocycles. The molecule has 22 heavy (non-hydrogen) atoms. The zero-order chi connectivity index (χ0) is 16.1. The van der Waals surface area contributed by atoms with E-state index in [2.05, 4.69) is 5.32 Å². The van der Waals surface area contributed by atoms with Crippen molar-refractivity contribution in [2.24, 2.45) is 0 Å². The van der Waals surface area contributed by atoms with Gasteiger partial charge in [-0.15, -0.1) is 0 Å². The molecule has 1 atom stereocenters. The van der Waals surface area contributed by atoms with E-state index in [4.69, 9.17) is 5.11 Å². The number of nitrogens with one attached hydrogen (secondary N) is 1. The molecule has 0 bridgehead atoms. The van der Waals surface area contributed by atoms with E-state index in [1.807, 2.05) is 0 Å². The number of nitrogens with zero attached hydrogens (tertiary/aromatic N) is 1. The van der Waals surface area contributed by atoms with Crippen LogP contribution in [0.15, 0.2) is 24.3 Å². The van der Waals surface area contributed by atoms with Crippen LogP contribution in [0, 0.1) is 0 Å². The number of aryl methyl sites for hydroxylation is 1. The molecule has 1 aliphatic heterocycles. The lowest BCUT2D eigenvalue weighted by molar-refractivity contribution is -0.138. The average Bonchev–Trinajstić information content (AvgIpc) is 3.01. The first kappa shape index (κ1) is 16.0. The van der Waals surface area contributed by atoms with Gasteiger partial charge >= 0.3 is 5.97 Å². The van der Waals surface area contributed by atoms with Gasteiger partial charge in [-0.05, 0) is 30.9 Å². The summed E-state index contributed by atoms with van der Waals surface area (Å²) in [5.74, 6) is -1.24. The highest BCUT2D eigenvalue weighted by molar-refractivity contribution is 5.90. The summed E-state index contributed by atoms with van der Waals surface area (Å²) in [4.78, 5) is 36.8. The maximum absolute atomic E-state index is 12.3. The monoisotopic (exact) mass is 304 g/mol. The van der Waals surface area contributed by atoms with Crippen LogP contribution in [0.25, 0.3) is 0 Å². The Bertz CT molecular complexity index is 585. The van der Waals surface area contributed by atoms with Crippen LogP contribution in [0.4, 0.5) is 0 Å². The number of aromatic carboxylic acids is 1. The molecule has 1 aromatic carbocycles. The van der Waals surface area contributed by atoms with E-state index < -0.39 is 12.0 Å². The molecule has 1 aliphatic rings. The smallest absolute Gasteiger partial charge is 0.335 e. The molecule has 2 N–H and O–H groups in total. The molecule has 6 nitrogen and oxygen atoms in total. The van der Waals surface area contributed by atoms with Crippen LogP contribution in [0.1, 0.15) is 35.2 Å². The molecule has 2 amide bonds. The lowest BCUT2D eigenvalue weighted by atomic mass is 10.0. The molecule has 0 saturated carbocycles. The first-order valence-electron chi connectivity index (χ1n) is 7.37. The Labute approximate surface area is 129 Å². The van der Waals surface area contributed by atoms with Crippen molar-refractivity contribution in [3.63, 3.8) is 0 Å². The summed E-state index contributed by atoms with van der Waals surface area (Å²) < 4.78 is 0. The summed E-state index contributed by atoms with van der Waals surface area (Å²) >= 11 is 0. The normalized spacial score (nSPS) is 17.3. The molecule has 1 unspecified atom stereocenters. The van der Waals surface area contributed by atoms with E-state index in [0.717, 1.165) is 6.42 Å². The number of hydrogen-bond acceptors (Lipinski definition) is 3. The number of likely N-dealkylation sites (N-methyl/N-ethyl adjacent to an activating group) is 1. The molecule has 2 rings (SSSR count). The summed E-state index contributed by atoms with van der Waals surface area (Å²) in [5, 5.41) is 11.7. The zero-order valence-electron chi connectivity index (χ0n) is 12.5. The highest BCUT2D eigenvalue weighted by Crippen LogP contribution is 2.20. The Morgan fingerprint density at radius 3 is 2.73 bits per heavy atom. The van der Waals surface area contributed by atoms with Crippen molar-refractivity contribution in [3.8, 4) is 0 Å². The summed E-state index contributed by atoms with van der Waals surface area (Å²) in [6.07, 6.45) is 2.06. The van der Waals surface area contributed by atoms with Crippen LogP contribution in [0.5, 0.6) is 0 Å². The molecule has 6 heteroatoms. The van der Waals surface area contributed by atoms with Crippen LogP contribution < -0.4 is 5.32 Å². The summed E-state index contributed by atoms with van der Waals surface area (Å²) in [6, 6.07) is 6.28. The Morgan fingerprint density at radius 2 is 2.05 bits per heavy atom. The summed E-state index contributed by atoms with van der Waals surface area (Å²) in [7, 11) is 1.56. The van der Waals surface area contributed by atoms with Crippen molar-refractivity contribution >= 4 is 17.8 Å². The standard InChI is InChI=1S/C16H20N2O4/c1-17-15(20)13-7-4-10-18(13)14(19)9-8-11-5-2-3-6-12(11)16(21)22/h2-3,5-6,13H,4,7-10H2,1H3,(H,17,20)(H,21,22). The van der Waals surface area contributed by atoms with E-state index >= 15 is 0 Å². The largest absolute Gasteiger partial charge is 0.478 e. The fourth-order valence-electron chi connectivity index (χ4n) is 2.84. The third kappa shape index (κ3) is 3.44. The van der Waals surface area contributed by atoms with E-state index in [1.54, 1.807) is 30.1 Å². The summed E-state index contributed by atoms with van der Waals surface area (Å²) in [6.45, 7) is 0.581. The molecule has 118 valence electrons. The molecule has 1 saturated heterocycles. The van der Waals surface area contributed by atoms with Gasteiger partial charge in [0, 0.05) is 20.0 Å². The number of amides is 2. The maximum atomic E-state index is 12.3. The third-order valence-corrected chi connectivity index (χ3v) is 3.98. The minimum atomic E-state index is -0.993. The van der Waals surface area contributed by atoms with E-state index in [9.17, 15) is 14.4 Å². The Kier molecular flexibility index (Phi) is 5.14. The highest BCUT2D eigenvalue weighted by Gasteiger charge is 2.33. The molecule has 1 aromatic rings. The number of carbonyl (C=O) groups is 3.